The summed E-state index contributed by atoms with van der Waals surface area (Å²) in [5.41, 5.74) is 0.190. The van der Waals surface area contributed by atoms with Crippen molar-refractivity contribution in [1.82, 2.24) is 0 Å². The third-order valence-electron chi connectivity index (χ3n) is 7.43. The van der Waals surface area contributed by atoms with Gasteiger partial charge in [-0.25, -0.2) is 0 Å². The van der Waals surface area contributed by atoms with Crippen molar-refractivity contribution >= 4 is 11.8 Å². The van der Waals surface area contributed by atoms with Crippen molar-refractivity contribution in [2.24, 2.45) is 34.0 Å². The van der Waals surface area contributed by atoms with Crippen molar-refractivity contribution < 1.29 is 14.7 Å². The number of carbonyl (C=O) groups excluding carboxylic acids is 1. The van der Waals surface area contributed by atoms with Crippen LogP contribution in [0.4, 0.5) is 0 Å². The maximum Gasteiger partial charge on any atom is 0.303 e. The topological polar surface area (TPSA) is 54.4 Å². The highest BCUT2D eigenvalue weighted by Crippen LogP contribution is 2.76. The first-order chi connectivity index (χ1) is 9.79. The minimum Gasteiger partial charge on any atom is -0.481 e. The van der Waals surface area contributed by atoms with E-state index in [2.05, 4.69) is 13.0 Å². The lowest BCUT2D eigenvalue weighted by molar-refractivity contribution is -0.142. The summed E-state index contributed by atoms with van der Waals surface area (Å²) in [6, 6.07) is 0. The zero-order valence-corrected chi connectivity index (χ0v) is 12.9. The summed E-state index contributed by atoms with van der Waals surface area (Å²) in [6.07, 6.45) is 9.53. The second kappa shape index (κ2) is 3.80. The van der Waals surface area contributed by atoms with Gasteiger partial charge in [0, 0.05) is 11.8 Å². The Hall–Kier alpha value is -1.12. The molecule has 1 N–H and O–H groups in total. The lowest BCUT2D eigenvalue weighted by atomic mass is 9.47. The zero-order chi connectivity index (χ0) is 15.0. The van der Waals surface area contributed by atoms with Crippen molar-refractivity contribution in [3.8, 4) is 0 Å². The van der Waals surface area contributed by atoms with Crippen LogP contribution in [0.3, 0.4) is 0 Å². The fourth-order valence-corrected chi connectivity index (χ4v) is 6.90. The van der Waals surface area contributed by atoms with E-state index in [0.717, 1.165) is 5.92 Å². The first-order valence-corrected chi connectivity index (χ1v) is 8.25. The molecule has 6 atom stereocenters. The van der Waals surface area contributed by atoms with Gasteiger partial charge in [0.15, 0.2) is 5.78 Å². The number of hydrogen-bond acceptors (Lipinski definition) is 2. The maximum atomic E-state index is 12.6. The predicted octanol–water partition coefficient (Wildman–Crippen LogP) is 3.44. The van der Waals surface area contributed by atoms with Crippen LogP contribution in [-0.4, -0.2) is 16.9 Å². The minimum atomic E-state index is -0.786. The van der Waals surface area contributed by atoms with E-state index in [1.54, 1.807) is 6.08 Å². The first-order valence-electron chi connectivity index (χ1n) is 8.25. The second-order valence-corrected chi connectivity index (χ2v) is 8.65. The average molecular weight is 288 g/mol. The van der Waals surface area contributed by atoms with E-state index in [4.69, 9.17) is 5.11 Å². The van der Waals surface area contributed by atoms with E-state index >= 15 is 0 Å². The molecule has 0 saturated heterocycles. The van der Waals surface area contributed by atoms with Gasteiger partial charge in [-0.15, -0.1) is 0 Å². The van der Waals surface area contributed by atoms with Crippen LogP contribution in [-0.2, 0) is 9.59 Å². The Morgan fingerprint density at radius 3 is 2.81 bits per heavy atom. The molecule has 5 rings (SSSR count). The molecule has 21 heavy (non-hydrogen) atoms. The Bertz CT molecular complexity index is 565. The summed E-state index contributed by atoms with van der Waals surface area (Å²) in [5.74, 6) is 1.19. The van der Waals surface area contributed by atoms with Gasteiger partial charge in [0.2, 0.25) is 0 Å². The highest BCUT2D eigenvalue weighted by atomic mass is 16.4. The molecular weight excluding hydrogens is 264 g/mol. The Labute approximate surface area is 125 Å². The molecule has 0 aromatic rings. The molecule has 4 bridgehead atoms. The largest absolute Gasteiger partial charge is 0.481 e. The number of hydrogen-bond donors (Lipinski definition) is 1. The quantitative estimate of drug-likeness (QED) is 0.865. The van der Waals surface area contributed by atoms with Crippen LogP contribution in [0.5, 0.6) is 0 Å². The molecule has 3 heteroatoms. The molecule has 0 unspecified atom stereocenters. The van der Waals surface area contributed by atoms with Gasteiger partial charge >= 0.3 is 5.97 Å². The number of rotatable bonds is 3. The van der Waals surface area contributed by atoms with Gasteiger partial charge < -0.3 is 5.11 Å². The monoisotopic (exact) mass is 288 g/mol. The molecule has 5 aliphatic carbocycles. The number of carbonyl (C=O) groups is 2. The van der Waals surface area contributed by atoms with Gasteiger partial charge in [0.05, 0.1) is 0 Å². The van der Waals surface area contributed by atoms with Crippen LogP contribution in [0.15, 0.2) is 12.2 Å². The van der Waals surface area contributed by atoms with Crippen molar-refractivity contribution in [1.29, 1.82) is 0 Å². The lowest BCUT2D eigenvalue weighted by Crippen LogP contribution is -2.53. The Morgan fingerprint density at radius 1 is 1.38 bits per heavy atom. The predicted molar refractivity (Wildman–Crippen MR) is 78.6 cm³/mol. The van der Waals surface area contributed by atoms with Crippen LogP contribution in [0.1, 0.15) is 52.4 Å². The Kier molecular flexibility index (Phi) is 2.45. The van der Waals surface area contributed by atoms with Crippen LogP contribution < -0.4 is 0 Å². The standard InChI is InChI=1S/C18H24O3/c1-16-8-11-7-12(16)9-18(10-16)6-3-13(19)17(2,15(11)18)5-4-14(20)21/h3,6,11-12,15H,4-5,7-10H2,1-2H3,(H,20,21)/t11-,12-,15+,16+,17-,18+/m1/s1. The van der Waals surface area contributed by atoms with Gasteiger partial charge in [0.1, 0.15) is 0 Å². The fourth-order valence-electron chi connectivity index (χ4n) is 6.90. The number of aliphatic carboxylic acids is 1. The summed E-state index contributed by atoms with van der Waals surface area (Å²) >= 11 is 0. The highest BCUT2D eigenvalue weighted by Gasteiger charge is 2.70. The smallest absolute Gasteiger partial charge is 0.303 e. The van der Waals surface area contributed by atoms with Crippen LogP contribution in [0, 0.1) is 34.0 Å². The molecule has 0 aliphatic heterocycles. The van der Waals surface area contributed by atoms with Crippen LogP contribution in [0.2, 0.25) is 0 Å². The number of ketones is 1. The van der Waals surface area contributed by atoms with Crippen molar-refractivity contribution in [3.05, 3.63) is 12.2 Å². The molecule has 0 amide bonds. The SMILES string of the molecule is C[C@@]12C[C@H]3C[C@@H]1C[C@@]1(C=CC(=O)[C@@](C)(CCC(=O)O)[C@H]31)C2. The molecule has 3 nitrogen and oxygen atoms in total. The van der Waals surface area contributed by atoms with E-state index in [1.807, 2.05) is 6.92 Å². The Balaban J connectivity index is 1.75. The number of carboxylic acids is 1. The number of carboxylic acid groups (broad SMARTS) is 1. The van der Waals surface area contributed by atoms with Crippen LogP contribution >= 0.6 is 0 Å². The van der Waals surface area contributed by atoms with E-state index in [-0.39, 0.29) is 17.6 Å². The molecule has 5 aliphatic rings. The maximum absolute atomic E-state index is 12.6. The van der Waals surface area contributed by atoms with Crippen molar-refractivity contribution in [2.45, 2.75) is 52.4 Å². The third-order valence-corrected chi connectivity index (χ3v) is 7.43. The van der Waals surface area contributed by atoms with Gasteiger partial charge in [-0.1, -0.05) is 19.9 Å². The van der Waals surface area contributed by atoms with Gasteiger partial charge in [-0.3, -0.25) is 9.59 Å². The summed E-state index contributed by atoms with van der Waals surface area (Å²) in [4.78, 5) is 23.6. The van der Waals surface area contributed by atoms with Crippen molar-refractivity contribution in [2.75, 3.05) is 0 Å². The second-order valence-electron chi connectivity index (χ2n) is 8.65. The highest BCUT2D eigenvalue weighted by molar-refractivity contribution is 5.96. The Morgan fingerprint density at radius 2 is 2.14 bits per heavy atom. The van der Waals surface area contributed by atoms with Gasteiger partial charge in [0.25, 0.3) is 0 Å². The molecule has 0 heterocycles. The molecule has 0 aromatic carbocycles. The summed E-state index contributed by atoms with van der Waals surface area (Å²) < 4.78 is 0. The lowest BCUT2D eigenvalue weighted by Gasteiger charge is -2.55. The fraction of sp³-hybridized carbons (Fsp3) is 0.778. The van der Waals surface area contributed by atoms with E-state index in [1.165, 1.54) is 25.7 Å². The van der Waals surface area contributed by atoms with E-state index in [0.29, 0.717) is 23.7 Å². The summed E-state index contributed by atoms with van der Waals surface area (Å²) in [5, 5.41) is 9.06. The van der Waals surface area contributed by atoms with E-state index in [9.17, 15) is 9.59 Å². The zero-order valence-electron chi connectivity index (χ0n) is 12.9. The molecule has 0 radical (unpaired) electrons. The first kappa shape index (κ1) is 13.5. The minimum absolute atomic E-state index is 0.107. The summed E-state index contributed by atoms with van der Waals surface area (Å²) in [6.45, 7) is 4.48. The van der Waals surface area contributed by atoms with E-state index < -0.39 is 11.4 Å². The molecule has 0 aromatic heterocycles. The van der Waals surface area contributed by atoms with Gasteiger partial charge in [-0.05, 0) is 66.8 Å². The molecule has 114 valence electrons. The summed E-state index contributed by atoms with van der Waals surface area (Å²) in [7, 11) is 0. The van der Waals surface area contributed by atoms with Gasteiger partial charge in [-0.2, -0.15) is 0 Å². The number of allylic oxidation sites excluding steroid dienone is 2. The van der Waals surface area contributed by atoms with Crippen LogP contribution in [0.25, 0.3) is 0 Å². The molecule has 4 fully saturated rings. The molecular formula is C18H24O3. The average Bonchev–Trinajstić information content (AvgIpc) is 2.75. The molecule has 4 saturated carbocycles. The molecule has 1 spiro atoms. The third kappa shape index (κ3) is 1.55. The van der Waals surface area contributed by atoms with Crippen molar-refractivity contribution in [3.63, 3.8) is 0 Å². The normalized spacial score (nSPS) is 53.2.